The van der Waals surface area contributed by atoms with E-state index in [2.05, 4.69) is 0 Å². The first-order valence-electron chi connectivity index (χ1n) is 4.93. The minimum absolute atomic E-state index is 0.193. The highest BCUT2D eigenvalue weighted by Gasteiger charge is 2.33. The molecule has 0 spiro atoms. The summed E-state index contributed by atoms with van der Waals surface area (Å²) in [6.07, 6.45) is 0. The van der Waals surface area contributed by atoms with Crippen LogP contribution in [-0.2, 0) is 9.59 Å². The molecule has 0 bridgehead atoms. The second-order valence-electron chi connectivity index (χ2n) is 3.67. The summed E-state index contributed by atoms with van der Waals surface area (Å²) >= 11 is 5.94. The fourth-order valence-corrected chi connectivity index (χ4v) is 2.13. The number of carbonyl (C=O) groups is 1. The van der Waals surface area contributed by atoms with Crippen LogP contribution in [0.2, 0.25) is 5.02 Å². The van der Waals surface area contributed by atoms with Crippen LogP contribution >= 0.6 is 11.6 Å². The quantitative estimate of drug-likeness (QED) is 0.758. The Balaban J connectivity index is 2.88. The van der Waals surface area contributed by atoms with Gasteiger partial charge >= 0.3 is 5.97 Å². The largest absolute Gasteiger partial charge is 0.506 e. The Morgan fingerprint density at radius 2 is 2.11 bits per heavy atom. The third-order valence-corrected chi connectivity index (χ3v) is 3.02. The molecule has 2 rings (SSSR count). The summed E-state index contributed by atoms with van der Waals surface area (Å²) in [7, 11) is 1.50. The number of carboxylic acid groups (broad SMARTS) is 1. The zero-order chi connectivity index (χ0) is 13.4. The number of fused-ring (bicyclic) bond motifs is 1. The van der Waals surface area contributed by atoms with Gasteiger partial charge in [-0.15, -0.1) is 0 Å². The molecule has 2 N–H and O–H groups in total. The highest BCUT2D eigenvalue weighted by Crippen LogP contribution is 2.40. The van der Waals surface area contributed by atoms with Gasteiger partial charge in [-0.25, -0.2) is 9.59 Å². The van der Waals surface area contributed by atoms with E-state index in [0.29, 0.717) is 5.69 Å². The average Bonchev–Trinajstić information content (AvgIpc) is 2.32. The Morgan fingerprint density at radius 3 is 2.67 bits per heavy atom. The third-order valence-electron chi connectivity index (χ3n) is 2.71. The summed E-state index contributed by atoms with van der Waals surface area (Å²) in [6, 6.07) is 4.78. The number of benzene rings is 1. The monoisotopic (exact) mass is 265 g/mol. The number of halogens is 1. The maximum absolute atomic E-state index is 11.1. The van der Waals surface area contributed by atoms with Crippen LogP contribution in [0.5, 0.6) is 0 Å². The molecule has 0 aliphatic carbocycles. The number of rotatable bonds is 1. The molecule has 0 aromatic heterocycles. The number of likely N-dealkylation sites (N-methyl/N-ethyl adjacent to an activating group) is 1. The molecule has 18 heavy (non-hydrogen) atoms. The van der Waals surface area contributed by atoms with Gasteiger partial charge in [0.1, 0.15) is 17.0 Å². The Hall–Kier alpha value is -2.23. The van der Waals surface area contributed by atoms with Gasteiger partial charge in [0.25, 0.3) is 0 Å². The summed E-state index contributed by atoms with van der Waals surface area (Å²) in [6.45, 7) is 0. The van der Waals surface area contributed by atoms with Crippen molar-refractivity contribution in [2.75, 3.05) is 11.9 Å². The smallest absolute Gasteiger partial charge is 0.342 e. The molecule has 0 radical (unpaired) electrons. The van der Waals surface area contributed by atoms with Crippen LogP contribution in [0.25, 0.3) is 5.76 Å². The van der Waals surface area contributed by atoms with Gasteiger partial charge in [-0.05, 0) is 12.1 Å². The summed E-state index contributed by atoms with van der Waals surface area (Å²) in [4.78, 5) is 23.3. The normalized spacial score (nSPS) is 14.3. The van der Waals surface area contributed by atoms with E-state index >= 15 is 0 Å². The van der Waals surface area contributed by atoms with Gasteiger partial charge in [-0.2, -0.15) is 0 Å². The molecule has 0 fully saturated rings. The fourth-order valence-electron chi connectivity index (χ4n) is 1.87. The lowest BCUT2D eigenvalue weighted by atomic mass is 9.98. The molecule has 0 saturated heterocycles. The van der Waals surface area contributed by atoms with Gasteiger partial charge in [0, 0.05) is 7.05 Å². The van der Waals surface area contributed by atoms with E-state index in [4.69, 9.17) is 16.7 Å². The van der Waals surface area contributed by atoms with E-state index in [1.54, 1.807) is 12.1 Å². The Kier molecular flexibility index (Phi) is 2.87. The van der Waals surface area contributed by atoms with E-state index < -0.39 is 17.3 Å². The molecule has 1 heterocycles. The zero-order valence-corrected chi connectivity index (χ0v) is 10.0. The van der Waals surface area contributed by atoms with Crippen molar-refractivity contribution in [3.05, 3.63) is 40.1 Å². The first-order chi connectivity index (χ1) is 8.49. The molecule has 1 aliphatic heterocycles. The lowest BCUT2D eigenvalue weighted by Crippen LogP contribution is -2.27. The molecular formula is C12H8ClNO4. The Morgan fingerprint density at radius 1 is 1.44 bits per heavy atom. The number of aliphatic hydroxyl groups excluding tert-OH is 1. The van der Waals surface area contributed by atoms with Crippen molar-refractivity contribution in [2.45, 2.75) is 0 Å². The van der Waals surface area contributed by atoms with Crippen LogP contribution < -0.4 is 4.90 Å². The molecule has 0 amide bonds. The minimum atomic E-state index is -1.41. The molecule has 92 valence electrons. The van der Waals surface area contributed by atoms with Gasteiger partial charge in [0.2, 0.25) is 0 Å². The van der Waals surface area contributed by atoms with Crippen LogP contribution in [0.4, 0.5) is 5.69 Å². The average molecular weight is 266 g/mol. The molecule has 0 saturated carbocycles. The number of aliphatic carboxylic acids is 1. The molecule has 0 unspecified atom stereocenters. The van der Waals surface area contributed by atoms with Crippen molar-refractivity contribution in [1.29, 1.82) is 0 Å². The number of carboxylic acids is 1. The van der Waals surface area contributed by atoms with Crippen molar-refractivity contribution in [1.82, 2.24) is 0 Å². The van der Waals surface area contributed by atoms with Crippen molar-refractivity contribution in [3.63, 3.8) is 0 Å². The molecular weight excluding hydrogens is 258 g/mol. The van der Waals surface area contributed by atoms with Gasteiger partial charge in [0.05, 0.1) is 16.3 Å². The predicted octanol–water partition coefficient (Wildman–Crippen LogP) is 1.86. The second-order valence-corrected chi connectivity index (χ2v) is 4.08. The van der Waals surface area contributed by atoms with Crippen LogP contribution in [0.15, 0.2) is 29.5 Å². The van der Waals surface area contributed by atoms with E-state index in [0.717, 1.165) is 0 Å². The van der Waals surface area contributed by atoms with Crippen molar-refractivity contribution in [3.8, 4) is 0 Å². The second kappa shape index (κ2) is 4.22. The summed E-state index contributed by atoms with van der Waals surface area (Å²) in [5.74, 6) is -0.415. The Bertz CT molecular complexity index is 629. The topological polar surface area (TPSA) is 77.8 Å². The summed E-state index contributed by atoms with van der Waals surface area (Å²) in [5.41, 5.74) is -0.107. The third kappa shape index (κ3) is 1.57. The molecule has 1 aromatic rings. The standard InChI is InChI=1S/C12H8ClNO4/c1-14-7-4-2-3-6(13)9(7)11(16)10(12(17)18)8(14)5-15/h2-4,16H,1H3,(H,17,18). The van der Waals surface area contributed by atoms with Gasteiger partial charge in [-0.3, -0.25) is 0 Å². The lowest BCUT2D eigenvalue weighted by Gasteiger charge is -2.28. The first kappa shape index (κ1) is 12.2. The van der Waals surface area contributed by atoms with Crippen LogP contribution in [0.1, 0.15) is 5.56 Å². The number of hydrogen-bond acceptors (Lipinski definition) is 4. The number of aliphatic hydroxyl groups is 1. The Labute approximate surface area is 107 Å². The predicted molar refractivity (Wildman–Crippen MR) is 66.2 cm³/mol. The van der Waals surface area contributed by atoms with Crippen molar-refractivity contribution >= 4 is 35.0 Å². The van der Waals surface area contributed by atoms with E-state index in [-0.39, 0.29) is 16.3 Å². The molecule has 0 atom stereocenters. The lowest BCUT2D eigenvalue weighted by molar-refractivity contribution is -0.132. The van der Waals surface area contributed by atoms with Gasteiger partial charge in [0.15, 0.2) is 5.94 Å². The number of hydrogen-bond donors (Lipinski definition) is 2. The molecule has 1 aliphatic rings. The minimum Gasteiger partial charge on any atom is -0.506 e. The maximum Gasteiger partial charge on any atom is 0.342 e. The van der Waals surface area contributed by atoms with Crippen molar-refractivity contribution in [2.24, 2.45) is 0 Å². The zero-order valence-electron chi connectivity index (χ0n) is 9.27. The number of carbonyl (C=O) groups excluding carboxylic acids is 1. The summed E-state index contributed by atoms with van der Waals surface area (Å²) < 4.78 is 0. The summed E-state index contributed by atoms with van der Waals surface area (Å²) in [5, 5.41) is 19.2. The highest BCUT2D eigenvalue weighted by atomic mass is 35.5. The molecule has 5 nitrogen and oxygen atoms in total. The van der Waals surface area contributed by atoms with Crippen LogP contribution in [0, 0.1) is 0 Å². The van der Waals surface area contributed by atoms with Crippen LogP contribution in [0.3, 0.4) is 0 Å². The van der Waals surface area contributed by atoms with Gasteiger partial charge < -0.3 is 15.1 Å². The fraction of sp³-hybridized carbons (Fsp3) is 0.0833. The maximum atomic E-state index is 11.1. The van der Waals surface area contributed by atoms with E-state index in [1.165, 1.54) is 24.0 Å². The first-order valence-corrected chi connectivity index (χ1v) is 5.31. The van der Waals surface area contributed by atoms with E-state index in [9.17, 15) is 14.7 Å². The van der Waals surface area contributed by atoms with Gasteiger partial charge in [-0.1, -0.05) is 17.7 Å². The van der Waals surface area contributed by atoms with E-state index in [1.807, 2.05) is 0 Å². The van der Waals surface area contributed by atoms with Crippen molar-refractivity contribution < 1.29 is 19.8 Å². The SMILES string of the molecule is CN1C(=C=O)C(C(=O)O)=C(O)c2c(Cl)cccc21. The molecule has 1 aromatic carbocycles. The number of nitrogens with zero attached hydrogens (tertiary/aromatic N) is 1. The van der Waals surface area contributed by atoms with Crippen LogP contribution in [-0.4, -0.2) is 29.2 Å². The molecule has 6 heteroatoms. The number of anilines is 1. The highest BCUT2D eigenvalue weighted by molar-refractivity contribution is 6.33.